The summed E-state index contributed by atoms with van der Waals surface area (Å²) < 4.78 is 0. The lowest BCUT2D eigenvalue weighted by Gasteiger charge is -2.28. The maximum absolute atomic E-state index is 4.38. The molecule has 0 aliphatic heterocycles. The van der Waals surface area contributed by atoms with Crippen molar-refractivity contribution >= 4 is 11.5 Å². The third kappa shape index (κ3) is 5.95. The zero-order valence-corrected chi connectivity index (χ0v) is 13.1. The number of rotatable bonds is 8. The van der Waals surface area contributed by atoms with Crippen molar-refractivity contribution in [2.45, 2.75) is 41.0 Å². The van der Waals surface area contributed by atoms with Gasteiger partial charge < -0.3 is 10.2 Å². The molecule has 1 N–H and O–H groups in total. The summed E-state index contributed by atoms with van der Waals surface area (Å²) in [5, 5.41) is 3.36. The lowest BCUT2D eigenvalue weighted by molar-refractivity contribution is 0.552. The van der Waals surface area contributed by atoms with Crippen LogP contribution < -0.4 is 10.2 Å². The van der Waals surface area contributed by atoms with E-state index in [1.165, 1.54) is 5.69 Å². The molecular formula is C16H29N3. The molecule has 1 rings (SSSR count). The molecule has 1 heterocycles. The Morgan fingerprint density at radius 3 is 2.32 bits per heavy atom. The Hall–Kier alpha value is -1.25. The van der Waals surface area contributed by atoms with Crippen LogP contribution >= 0.6 is 0 Å². The third-order valence-corrected chi connectivity index (χ3v) is 2.84. The number of pyridine rings is 1. The highest BCUT2D eigenvalue weighted by Crippen LogP contribution is 2.20. The van der Waals surface area contributed by atoms with Crippen molar-refractivity contribution in [2.24, 2.45) is 11.8 Å². The van der Waals surface area contributed by atoms with Crippen LogP contribution in [0.25, 0.3) is 0 Å². The number of aromatic nitrogens is 1. The number of hydrogen-bond donors (Lipinski definition) is 1. The number of hydrogen-bond acceptors (Lipinski definition) is 3. The van der Waals surface area contributed by atoms with E-state index >= 15 is 0 Å². The quantitative estimate of drug-likeness (QED) is 0.767. The molecular weight excluding hydrogens is 234 g/mol. The molecule has 0 aliphatic carbocycles. The molecule has 0 amide bonds. The maximum atomic E-state index is 4.38. The Kier molecular flexibility index (Phi) is 6.68. The van der Waals surface area contributed by atoms with E-state index in [0.29, 0.717) is 11.8 Å². The van der Waals surface area contributed by atoms with Gasteiger partial charge in [-0.15, -0.1) is 0 Å². The first-order valence-electron chi connectivity index (χ1n) is 7.47. The average Bonchev–Trinajstić information content (AvgIpc) is 2.35. The Bertz CT molecular complexity index is 351. The van der Waals surface area contributed by atoms with Crippen LogP contribution in [-0.2, 0) is 0 Å². The van der Waals surface area contributed by atoms with E-state index in [9.17, 15) is 0 Å². The molecule has 0 saturated carbocycles. The fourth-order valence-corrected chi connectivity index (χ4v) is 2.13. The highest BCUT2D eigenvalue weighted by molar-refractivity contribution is 5.53. The molecule has 0 unspecified atom stereocenters. The van der Waals surface area contributed by atoms with Crippen LogP contribution in [0.4, 0.5) is 11.5 Å². The van der Waals surface area contributed by atoms with E-state index in [1.807, 2.05) is 6.20 Å². The van der Waals surface area contributed by atoms with Crippen LogP contribution in [0.15, 0.2) is 18.3 Å². The molecule has 0 atom stereocenters. The van der Waals surface area contributed by atoms with Crippen molar-refractivity contribution < 1.29 is 0 Å². The molecule has 3 heteroatoms. The molecule has 0 aliphatic rings. The highest BCUT2D eigenvalue weighted by atomic mass is 15.1. The first-order valence-corrected chi connectivity index (χ1v) is 7.47. The van der Waals surface area contributed by atoms with Gasteiger partial charge in [0.05, 0.1) is 0 Å². The van der Waals surface area contributed by atoms with Crippen molar-refractivity contribution in [3.63, 3.8) is 0 Å². The Labute approximate surface area is 118 Å². The summed E-state index contributed by atoms with van der Waals surface area (Å²) in [6.45, 7) is 14.4. The highest BCUT2D eigenvalue weighted by Gasteiger charge is 2.11. The number of anilines is 2. The van der Waals surface area contributed by atoms with Crippen LogP contribution in [0.5, 0.6) is 0 Å². The SMILES string of the molecule is CCCNc1cc(N(CC(C)C)CC(C)C)ccn1. The summed E-state index contributed by atoms with van der Waals surface area (Å²) in [7, 11) is 0. The van der Waals surface area contributed by atoms with Crippen LogP contribution in [0.2, 0.25) is 0 Å². The summed E-state index contributed by atoms with van der Waals surface area (Å²) in [4.78, 5) is 6.85. The minimum Gasteiger partial charge on any atom is -0.371 e. The molecule has 0 spiro atoms. The molecule has 0 bridgehead atoms. The van der Waals surface area contributed by atoms with Gasteiger partial charge in [0.15, 0.2) is 0 Å². The van der Waals surface area contributed by atoms with Gasteiger partial charge in [-0.25, -0.2) is 4.98 Å². The van der Waals surface area contributed by atoms with E-state index in [2.05, 4.69) is 62.0 Å². The summed E-state index contributed by atoms with van der Waals surface area (Å²) in [6.07, 6.45) is 3.02. The second kappa shape index (κ2) is 8.03. The van der Waals surface area contributed by atoms with Crippen LogP contribution in [-0.4, -0.2) is 24.6 Å². The molecule has 0 radical (unpaired) electrons. The van der Waals surface area contributed by atoms with Crippen molar-refractivity contribution in [1.29, 1.82) is 0 Å². The van der Waals surface area contributed by atoms with Gasteiger partial charge in [-0.05, 0) is 24.3 Å². The molecule has 0 fully saturated rings. The standard InChI is InChI=1S/C16H29N3/c1-6-8-17-16-10-15(7-9-18-16)19(11-13(2)3)12-14(4)5/h7,9-10,13-14H,6,8,11-12H2,1-5H3,(H,17,18). The average molecular weight is 263 g/mol. The predicted octanol–water partition coefficient (Wildman–Crippen LogP) is 4.02. The normalized spacial score (nSPS) is 11.1. The zero-order valence-electron chi connectivity index (χ0n) is 13.1. The summed E-state index contributed by atoms with van der Waals surface area (Å²) in [5.74, 6) is 2.31. The summed E-state index contributed by atoms with van der Waals surface area (Å²) >= 11 is 0. The van der Waals surface area contributed by atoms with Gasteiger partial charge in [0, 0.05) is 37.6 Å². The predicted molar refractivity (Wildman–Crippen MR) is 84.9 cm³/mol. The minimum absolute atomic E-state index is 0.666. The first kappa shape index (κ1) is 15.8. The minimum atomic E-state index is 0.666. The molecule has 0 aromatic carbocycles. The Morgan fingerprint density at radius 2 is 1.79 bits per heavy atom. The van der Waals surface area contributed by atoms with Crippen molar-refractivity contribution in [3.05, 3.63) is 18.3 Å². The summed E-state index contributed by atoms with van der Waals surface area (Å²) in [5.41, 5.74) is 1.27. The fourth-order valence-electron chi connectivity index (χ4n) is 2.13. The van der Waals surface area contributed by atoms with Crippen LogP contribution in [0.3, 0.4) is 0 Å². The monoisotopic (exact) mass is 263 g/mol. The van der Waals surface area contributed by atoms with E-state index < -0.39 is 0 Å². The first-order chi connectivity index (χ1) is 9.02. The van der Waals surface area contributed by atoms with Crippen LogP contribution in [0.1, 0.15) is 41.0 Å². The molecule has 19 heavy (non-hydrogen) atoms. The maximum Gasteiger partial charge on any atom is 0.127 e. The summed E-state index contributed by atoms with van der Waals surface area (Å²) in [6, 6.07) is 4.28. The molecule has 1 aromatic rings. The molecule has 108 valence electrons. The second-order valence-corrected chi connectivity index (χ2v) is 6.02. The smallest absolute Gasteiger partial charge is 0.127 e. The van der Waals surface area contributed by atoms with Gasteiger partial charge in [-0.1, -0.05) is 34.6 Å². The molecule has 0 saturated heterocycles. The zero-order chi connectivity index (χ0) is 14.3. The van der Waals surface area contributed by atoms with Crippen molar-refractivity contribution in [3.8, 4) is 0 Å². The fraction of sp³-hybridized carbons (Fsp3) is 0.688. The molecule has 3 nitrogen and oxygen atoms in total. The van der Waals surface area contributed by atoms with E-state index in [0.717, 1.165) is 31.9 Å². The van der Waals surface area contributed by atoms with Gasteiger partial charge in [0.25, 0.3) is 0 Å². The Morgan fingerprint density at radius 1 is 1.16 bits per heavy atom. The Balaban J connectivity index is 2.81. The van der Waals surface area contributed by atoms with Gasteiger partial charge in [-0.3, -0.25) is 0 Å². The van der Waals surface area contributed by atoms with Crippen LogP contribution in [0, 0.1) is 11.8 Å². The topological polar surface area (TPSA) is 28.2 Å². The van der Waals surface area contributed by atoms with E-state index in [-0.39, 0.29) is 0 Å². The lowest BCUT2D eigenvalue weighted by Crippen LogP contribution is -2.31. The number of nitrogens with zero attached hydrogens (tertiary/aromatic N) is 2. The second-order valence-electron chi connectivity index (χ2n) is 6.02. The van der Waals surface area contributed by atoms with Gasteiger partial charge in [-0.2, -0.15) is 0 Å². The van der Waals surface area contributed by atoms with Gasteiger partial charge in [0.1, 0.15) is 5.82 Å². The van der Waals surface area contributed by atoms with Gasteiger partial charge >= 0.3 is 0 Å². The molecule has 1 aromatic heterocycles. The lowest BCUT2D eigenvalue weighted by atomic mass is 10.1. The van der Waals surface area contributed by atoms with E-state index in [4.69, 9.17) is 0 Å². The van der Waals surface area contributed by atoms with Gasteiger partial charge in [0.2, 0.25) is 0 Å². The van der Waals surface area contributed by atoms with E-state index in [1.54, 1.807) is 0 Å². The largest absolute Gasteiger partial charge is 0.371 e. The third-order valence-electron chi connectivity index (χ3n) is 2.84. The van der Waals surface area contributed by atoms with Crippen molar-refractivity contribution in [1.82, 2.24) is 4.98 Å². The van der Waals surface area contributed by atoms with Crippen molar-refractivity contribution in [2.75, 3.05) is 29.9 Å². The number of nitrogens with one attached hydrogen (secondary N) is 1.